The number of hydrogen-bond donors (Lipinski definition) is 2. The van der Waals surface area contributed by atoms with Crippen LogP contribution in [0.15, 0.2) is 21.0 Å². The predicted molar refractivity (Wildman–Crippen MR) is 71.3 cm³/mol. The van der Waals surface area contributed by atoms with E-state index in [0.29, 0.717) is 16.8 Å². The number of nitrogens with zero attached hydrogens (tertiary/aromatic N) is 4. The Morgan fingerprint density at radius 1 is 1.26 bits per heavy atom. The lowest BCUT2D eigenvalue weighted by Gasteiger charge is -2.02. The second kappa shape index (κ2) is 4.54. The van der Waals surface area contributed by atoms with Gasteiger partial charge in [-0.3, -0.25) is 0 Å². The van der Waals surface area contributed by atoms with Crippen LogP contribution in [0.25, 0.3) is 11.2 Å². The molecule has 0 fully saturated rings. The first-order valence-electron chi connectivity index (χ1n) is 5.68. The highest BCUT2D eigenvalue weighted by Gasteiger charge is 2.14. The Labute approximate surface area is 113 Å². The molecule has 0 saturated heterocycles. The number of fused-ring (bicyclic) bond motifs is 1. The molecule has 0 aliphatic heterocycles. The van der Waals surface area contributed by atoms with Gasteiger partial charge in [-0.05, 0) is 25.6 Å². The average molecular weight is 276 g/mol. The average Bonchev–Trinajstić information content (AvgIpc) is 2.97. The highest BCUT2D eigenvalue weighted by Crippen LogP contribution is 2.31. The Morgan fingerprint density at radius 3 is 2.79 bits per heavy atom. The molecule has 8 heteroatoms. The molecule has 7 nitrogen and oxygen atoms in total. The maximum absolute atomic E-state index is 5.55. The van der Waals surface area contributed by atoms with Gasteiger partial charge in [0, 0.05) is 7.05 Å². The highest BCUT2D eigenvalue weighted by atomic mass is 32.2. The highest BCUT2D eigenvalue weighted by molar-refractivity contribution is 7.99. The normalized spacial score (nSPS) is 11.1. The molecule has 0 spiro atoms. The number of anilines is 1. The summed E-state index contributed by atoms with van der Waals surface area (Å²) in [4.78, 5) is 20.1. The van der Waals surface area contributed by atoms with Crippen molar-refractivity contribution in [1.29, 1.82) is 0 Å². The van der Waals surface area contributed by atoms with E-state index >= 15 is 0 Å². The molecule has 2 N–H and O–H groups in total. The number of oxazole rings is 1. The van der Waals surface area contributed by atoms with Gasteiger partial charge in [0.05, 0.1) is 12.0 Å². The summed E-state index contributed by atoms with van der Waals surface area (Å²) in [6, 6.07) is 0. The van der Waals surface area contributed by atoms with E-state index in [4.69, 9.17) is 4.42 Å². The van der Waals surface area contributed by atoms with Gasteiger partial charge in [0.25, 0.3) is 5.22 Å². The molecule has 0 aromatic carbocycles. The molecule has 3 aromatic heterocycles. The van der Waals surface area contributed by atoms with Crippen molar-refractivity contribution in [2.45, 2.75) is 24.1 Å². The van der Waals surface area contributed by atoms with Crippen molar-refractivity contribution in [3.63, 3.8) is 0 Å². The van der Waals surface area contributed by atoms with Crippen molar-refractivity contribution < 1.29 is 4.42 Å². The van der Waals surface area contributed by atoms with Crippen LogP contribution >= 0.6 is 11.8 Å². The largest absolute Gasteiger partial charge is 0.436 e. The van der Waals surface area contributed by atoms with E-state index in [0.717, 1.165) is 22.0 Å². The van der Waals surface area contributed by atoms with Gasteiger partial charge >= 0.3 is 0 Å². The summed E-state index contributed by atoms with van der Waals surface area (Å²) in [6.07, 6.45) is 1.59. The number of imidazole rings is 1. The van der Waals surface area contributed by atoms with Gasteiger partial charge in [0.1, 0.15) is 16.3 Å². The maximum Gasteiger partial charge on any atom is 0.262 e. The monoisotopic (exact) mass is 276 g/mol. The van der Waals surface area contributed by atoms with Crippen LogP contribution in [0.4, 0.5) is 5.95 Å². The van der Waals surface area contributed by atoms with E-state index in [2.05, 4.69) is 30.2 Å². The number of hydrogen-bond acceptors (Lipinski definition) is 7. The van der Waals surface area contributed by atoms with Crippen LogP contribution in [-0.4, -0.2) is 32.0 Å². The smallest absolute Gasteiger partial charge is 0.262 e. The predicted octanol–water partition coefficient (Wildman–Crippen LogP) is 2.15. The number of aryl methyl sites for hydroxylation is 2. The molecule has 0 radical (unpaired) electrons. The van der Waals surface area contributed by atoms with Gasteiger partial charge < -0.3 is 14.7 Å². The van der Waals surface area contributed by atoms with Crippen molar-refractivity contribution in [2.75, 3.05) is 12.4 Å². The Hall–Kier alpha value is -2.09. The van der Waals surface area contributed by atoms with Crippen LogP contribution in [0.5, 0.6) is 0 Å². The molecular formula is C11H12N6OS. The fourth-order valence-corrected chi connectivity index (χ4v) is 2.46. The second-order valence-electron chi connectivity index (χ2n) is 3.93. The van der Waals surface area contributed by atoms with E-state index in [1.54, 1.807) is 13.4 Å². The third kappa shape index (κ3) is 2.14. The first-order chi connectivity index (χ1) is 9.17. The third-order valence-corrected chi connectivity index (χ3v) is 3.51. The molecule has 0 aliphatic rings. The SMILES string of the molecule is CNc1nc(Sc2nc(C)c(C)o2)c2[nH]cnc2n1. The van der Waals surface area contributed by atoms with E-state index in [9.17, 15) is 0 Å². The molecule has 3 heterocycles. The number of nitrogens with one attached hydrogen (secondary N) is 2. The molecule has 3 aromatic rings. The van der Waals surface area contributed by atoms with Gasteiger partial charge in [-0.15, -0.1) is 0 Å². The van der Waals surface area contributed by atoms with Crippen LogP contribution in [0, 0.1) is 13.8 Å². The minimum absolute atomic E-state index is 0.516. The zero-order valence-corrected chi connectivity index (χ0v) is 11.5. The van der Waals surface area contributed by atoms with E-state index in [1.807, 2.05) is 13.8 Å². The number of aromatic nitrogens is 5. The Kier molecular flexibility index (Phi) is 2.86. The van der Waals surface area contributed by atoms with Crippen LogP contribution in [0.3, 0.4) is 0 Å². The molecule has 19 heavy (non-hydrogen) atoms. The number of H-pyrrole nitrogens is 1. The van der Waals surface area contributed by atoms with Crippen LogP contribution in [0.1, 0.15) is 11.5 Å². The number of aromatic amines is 1. The minimum Gasteiger partial charge on any atom is -0.436 e. The Balaban J connectivity index is 2.05. The lowest BCUT2D eigenvalue weighted by molar-refractivity contribution is 0.431. The maximum atomic E-state index is 5.55. The molecule has 98 valence electrons. The van der Waals surface area contributed by atoms with E-state index in [1.165, 1.54) is 11.8 Å². The van der Waals surface area contributed by atoms with Crippen molar-refractivity contribution in [2.24, 2.45) is 0 Å². The van der Waals surface area contributed by atoms with Gasteiger partial charge in [-0.2, -0.15) is 4.98 Å². The van der Waals surface area contributed by atoms with Gasteiger partial charge in [0.15, 0.2) is 5.65 Å². The van der Waals surface area contributed by atoms with E-state index < -0.39 is 0 Å². The summed E-state index contributed by atoms with van der Waals surface area (Å²) >= 11 is 1.35. The first-order valence-corrected chi connectivity index (χ1v) is 6.50. The lowest BCUT2D eigenvalue weighted by atomic mass is 10.4. The summed E-state index contributed by atoms with van der Waals surface area (Å²) in [7, 11) is 1.77. The molecule has 0 unspecified atom stereocenters. The quantitative estimate of drug-likeness (QED) is 0.708. The Morgan fingerprint density at radius 2 is 2.11 bits per heavy atom. The third-order valence-electron chi connectivity index (χ3n) is 2.67. The van der Waals surface area contributed by atoms with E-state index in [-0.39, 0.29) is 0 Å². The van der Waals surface area contributed by atoms with Gasteiger partial charge in [0.2, 0.25) is 5.95 Å². The summed E-state index contributed by atoms with van der Waals surface area (Å²) in [6.45, 7) is 3.80. The van der Waals surface area contributed by atoms with Crippen molar-refractivity contribution in [3.8, 4) is 0 Å². The summed E-state index contributed by atoms with van der Waals surface area (Å²) < 4.78 is 5.55. The van der Waals surface area contributed by atoms with Gasteiger partial charge in [-0.1, -0.05) is 0 Å². The number of rotatable bonds is 3. The molecule has 3 rings (SSSR count). The molecule has 0 atom stereocenters. The fourth-order valence-electron chi connectivity index (χ4n) is 1.56. The molecule has 0 amide bonds. The van der Waals surface area contributed by atoms with Crippen molar-refractivity contribution in [3.05, 3.63) is 17.8 Å². The summed E-state index contributed by atoms with van der Waals surface area (Å²) in [5.41, 5.74) is 2.27. The summed E-state index contributed by atoms with van der Waals surface area (Å²) in [5.74, 6) is 1.33. The molecule has 0 bridgehead atoms. The minimum atomic E-state index is 0.516. The van der Waals surface area contributed by atoms with Crippen LogP contribution < -0.4 is 5.32 Å². The van der Waals surface area contributed by atoms with Crippen molar-refractivity contribution in [1.82, 2.24) is 24.9 Å². The Bertz CT molecular complexity index is 714. The van der Waals surface area contributed by atoms with Gasteiger partial charge in [-0.25, -0.2) is 15.0 Å². The fraction of sp³-hybridized carbons (Fsp3) is 0.273. The molecule has 0 saturated carbocycles. The summed E-state index contributed by atoms with van der Waals surface area (Å²) in [5, 5.41) is 4.20. The van der Waals surface area contributed by atoms with Crippen LogP contribution in [-0.2, 0) is 0 Å². The standard InChI is InChI=1S/C11H12N6OS/c1-5-6(2)18-11(15-5)19-9-7-8(14-4-13-7)16-10(12-3)17-9/h4H,1-3H3,(H2,12,13,14,16,17). The lowest BCUT2D eigenvalue weighted by Crippen LogP contribution is -1.98. The zero-order valence-electron chi connectivity index (χ0n) is 10.7. The second-order valence-corrected chi connectivity index (χ2v) is 4.87. The first kappa shape index (κ1) is 12.0. The molecule has 0 aliphatic carbocycles. The van der Waals surface area contributed by atoms with Crippen LogP contribution in [0.2, 0.25) is 0 Å². The zero-order chi connectivity index (χ0) is 13.4. The molecular weight excluding hydrogens is 264 g/mol. The van der Waals surface area contributed by atoms with Crippen molar-refractivity contribution >= 4 is 28.9 Å². The topological polar surface area (TPSA) is 92.5 Å².